The monoisotopic (exact) mass is 354 g/mol. The molecule has 1 unspecified atom stereocenters. The molecule has 1 fully saturated rings. The number of carbonyl (C=O) groups excluding carboxylic acids is 2. The molecule has 2 aromatic rings. The van der Waals surface area contributed by atoms with E-state index in [1.807, 2.05) is 31.2 Å². The van der Waals surface area contributed by atoms with Gasteiger partial charge in [-0.15, -0.1) is 0 Å². The van der Waals surface area contributed by atoms with Crippen LogP contribution in [0.5, 0.6) is 0 Å². The van der Waals surface area contributed by atoms with Gasteiger partial charge >= 0.3 is 5.97 Å². The highest BCUT2D eigenvalue weighted by atomic mass is 16.5. The summed E-state index contributed by atoms with van der Waals surface area (Å²) < 4.78 is 10.9. The summed E-state index contributed by atoms with van der Waals surface area (Å²) in [6.07, 6.45) is -1.01. The fourth-order valence-corrected chi connectivity index (χ4v) is 2.87. The summed E-state index contributed by atoms with van der Waals surface area (Å²) in [5, 5.41) is 0. The molecule has 1 aliphatic heterocycles. The third kappa shape index (κ3) is 3.86. The number of nitrogens with two attached hydrogens (primary N) is 1. The summed E-state index contributed by atoms with van der Waals surface area (Å²) in [5.41, 5.74) is 8.05. The van der Waals surface area contributed by atoms with Crippen molar-refractivity contribution in [3.05, 3.63) is 65.2 Å². The Labute approximate surface area is 152 Å². The average molecular weight is 354 g/mol. The van der Waals surface area contributed by atoms with E-state index in [1.54, 1.807) is 29.2 Å². The number of hydrogen-bond donors (Lipinski definition) is 1. The second-order valence-electron chi connectivity index (χ2n) is 6.17. The van der Waals surface area contributed by atoms with Crippen LogP contribution in [0.15, 0.2) is 48.5 Å². The van der Waals surface area contributed by atoms with Crippen molar-refractivity contribution in [2.75, 3.05) is 32.0 Å². The lowest BCUT2D eigenvalue weighted by molar-refractivity contribution is -0.145. The molecule has 1 saturated heterocycles. The molecular formula is C20H22N2O4. The molecular weight excluding hydrogens is 332 g/mol. The fourth-order valence-electron chi connectivity index (χ4n) is 2.87. The lowest BCUT2D eigenvalue weighted by Crippen LogP contribution is -2.44. The Hall–Kier alpha value is -2.86. The molecule has 6 nitrogen and oxygen atoms in total. The predicted octanol–water partition coefficient (Wildman–Crippen LogP) is 2.33. The standard InChI is InChI=1S/C20H22N2O4/c1-14-6-5-9-16(17(14)21)20(24)26-18(15-7-3-2-4-8-15)19(23)22-10-12-25-13-11-22/h2-9,18H,10-13,21H2,1H3. The van der Waals surface area contributed by atoms with Crippen molar-refractivity contribution in [1.29, 1.82) is 0 Å². The molecule has 0 aromatic heterocycles. The van der Waals surface area contributed by atoms with Crippen LogP contribution in [0.3, 0.4) is 0 Å². The Balaban J connectivity index is 1.87. The summed E-state index contributed by atoms with van der Waals surface area (Å²) in [5.74, 6) is -0.860. The van der Waals surface area contributed by atoms with Crippen LogP contribution in [0.4, 0.5) is 5.69 Å². The third-order valence-corrected chi connectivity index (χ3v) is 4.42. The van der Waals surface area contributed by atoms with E-state index in [9.17, 15) is 9.59 Å². The highest BCUT2D eigenvalue weighted by molar-refractivity contribution is 5.97. The van der Waals surface area contributed by atoms with Crippen molar-refractivity contribution in [1.82, 2.24) is 4.90 Å². The first-order chi connectivity index (χ1) is 12.6. The molecule has 0 radical (unpaired) electrons. The Morgan fingerprint density at radius 3 is 2.46 bits per heavy atom. The number of para-hydroxylation sites is 1. The number of nitrogen functional groups attached to an aromatic ring is 1. The first-order valence-corrected chi connectivity index (χ1v) is 8.55. The van der Waals surface area contributed by atoms with Crippen LogP contribution < -0.4 is 5.73 Å². The number of nitrogens with zero attached hydrogens (tertiary/aromatic N) is 1. The minimum absolute atomic E-state index is 0.251. The Kier molecular flexibility index (Phi) is 5.53. The summed E-state index contributed by atoms with van der Waals surface area (Å²) in [6, 6.07) is 14.2. The van der Waals surface area contributed by atoms with Crippen LogP contribution in [0.25, 0.3) is 0 Å². The maximum Gasteiger partial charge on any atom is 0.341 e. The van der Waals surface area contributed by atoms with E-state index in [0.717, 1.165) is 5.56 Å². The van der Waals surface area contributed by atoms with Gasteiger partial charge in [-0.25, -0.2) is 4.79 Å². The zero-order valence-electron chi connectivity index (χ0n) is 14.7. The topological polar surface area (TPSA) is 81.9 Å². The number of morpholine rings is 1. The fraction of sp³-hybridized carbons (Fsp3) is 0.300. The summed E-state index contributed by atoms with van der Waals surface area (Å²) in [4.78, 5) is 27.3. The number of benzene rings is 2. The molecule has 0 saturated carbocycles. The van der Waals surface area contributed by atoms with Gasteiger partial charge in [-0.2, -0.15) is 0 Å². The summed E-state index contributed by atoms with van der Waals surface area (Å²) in [6.45, 7) is 3.73. The van der Waals surface area contributed by atoms with E-state index in [1.165, 1.54) is 0 Å². The largest absolute Gasteiger partial charge is 0.444 e. The molecule has 26 heavy (non-hydrogen) atoms. The van der Waals surface area contributed by atoms with E-state index in [4.69, 9.17) is 15.2 Å². The molecule has 1 aliphatic rings. The van der Waals surface area contributed by atoms with Crippen molar-refractivity contribution in [3.63, 3.8) is 0 Å². The van der Waals surface area contributed by atoms with E-state index < -0.39 is 12.1 Å². The second kappa shape index (κ2) is 8.01. The van der Waals surface area contributed by atoms with Crippen molar-refractivity contribution in [2.45, 2.75) is 13.0 Å². The molecule has 2 N–H and O–H groups in total. The van der Waals surface area contributed by atoms with Gasteiger partial charge in [-0.3, -0.25) is 4.79 Å². The molecule has 0 spiro atoms. The molecule has 0 bridgehead atoms. The molecule has 6 heteroatoms. The van der Waals surface area contributed by atoms with Crippen LogP contribution >= 0.6 is 0 Å². The maximum absolute atomic E-state index is 13.0. The molecule has 136 valence electrons. The Morgan fingerprint density at radius 2 is 1.77 bits per heavy atom. The number of aryl methyl sites for hydroxylation is 1. The summed E-state index contributed by atoms with van der Waals surface area (Å²) in [7, 11) is 0. The number of hydrogen-bond acceptors (Lipinski definition) is 5. The van der Waals surface area contributed by atoms with Gasteiger partial charge in [0.15, 0.2) is 0 Å². The summed E-state index contributed by atoms with van der Waals surface area (Å²) >= 11 is 0. The van der Waals surface area contributed by atoms with Crippen molar-refractivity contribution >= 4 is 17.6 Å². The molecule has 0 aliphatic carbocycles. The number of ether oxygens (including phenoxy) is 2. The van der Waals surface area contributed by atoms with Gasteiger partial charge in [-0.1, -0.05) is 42.5 Å². The van der Waals surface area contributed by atoms with Crippen LogP contribution in [-0.2, 0) is 14.3 Å². The quantitative estimate of drug-likeness (QED) is 0.673. The van der Waals surface area contributed by atoms with Gasteiger partial charge in [0.1, 0.15) is 0 Å². The minimum Gasteiger partial charge on any atom is -0.444 e. The zero-order valence-corrected chi connectivity index (χ0v) is 14.7. The number of esters is 1. The predicted molar refractivity (Wildman–Crippen MR) is 97.6 cm³/mol. The van der Waals surface area contributed by atoms with Crippen molar-refractivity contribution in [2.24, 2.45) is 0 Å². The average Bonchev–Trinajstić information content (AvgIpc) is 2.69. The number of anilines is 1. The first-order valence-electron chi connectivity index (χ1n) is 8.55. The van der Waals surface area contributed by atoms with Gasteiger partial charge in [0.25, 0.3) is 5.91 Å². The lowest BCUT2D eigenvalue weighted by Gasteiger charge is -2.30. The zero-order chi connectivity index (χ0) is 18.5. The molecule has 1 atom stereocenters. The second-order valence-corrected chi connectivity index (χ2v) is 6.17. The van der Waals surface area contributed by atoms with Crippen LogP contribution in [0, 0.1) is 6.92 Å². The molecule has 1 heterocycles. The van der Waals surface area contributed by atoms with E-state index in [0.29, 0.717) is 37.6 Å². The number of carbonyl (C=O) groups is 2. The van der Waals surface area contributed by atoms with Crippen LogP contribution in [-0.4, -0.2) is 43.1 Å². The minimum atomic E-state index is -1.01. The molecule has 3 rings (SSSR count). The van der Waals surface area contributed by atoms with E-state index in [2.05, 4.69) is 0 Å². The van der Waals surface area contributed by atoms with Crippen LogP contribution in [0.2, 0.25) is 0 Å². The van der Waals surface area contributed by atoms with Crippen molar-refractivity contribution < 1.29 is 19.1 Å². The SMILES string of the molecule is Cc1cccc(C(=O)OC(C(=O)N2CCOCC2)c2ccccc2)c1N. The first kappa shape index (κ1) is 17.9. The third-order valence-electron chi connectivity index (χ3n) is 4.42. The van der Waals surface area contributed by atoms with Gasteiger partial charge in [0.2, 0.25) is 6.10 Å². The van der Waals surface area contributed by atoms with Crippen molar-refractivity contribution in [3.8, 4) is 0 Å². The van der Waals surface area contributed by atoms with Crippen LogP contribution in [0.1, 0.15) is 27.6 Å². The highest BCUT2D eigenvalue weighted by Crippen LogP contribution is 2.25. The van der Waals surface area contributed by atoms with Gasteiger partial charge < -0.3 is 20.1 Å². The Morgan fingerprint density at radius 1 is 1.08 bits per heavy atom. The van der Waals surface area contributed by atoms with E-state index in [-0.39, 0.29) is 11.5 Å². The highest BCUT2D eigenvalue weighted by Gasteiger charge is 2.31. The number of amides is 1. The molecule has 1 amide bonds. The van der Waals surface area contributed by atoms with Gasteiger partial charge in [0, 0.05) is 24.3 Å². The Bertz CT molecular complexity index is 786. The molecule has 2 aromatic carbocycles. The van der Waals surface area contributed by atoms with Gasteiger partial charge in [0.05, 0.1) is 18.8 Å². The normalized spacial score (nSPS) is 15.3. The smallest absolute Gasteiger partial charge is 0.341 e. The van der Waals surface area contributed by atoms with E-state index >= 15 is 0 Å². The number of rotatable bonds is 4. The van der Waals surface area contributed by atoms with Gasteiger partial charge in [-0.05, 0) is 18.6 Å². The lowest BCUT2D eigenvalue weighted by atomic mass is 10.1. The maximum atomic E-state index is 13.0.